The summed E-state index contributed by atoms with van der Waals surface area (Å²) in [6, 6.07) is 8.72. The molecule has 0 aliphatic rings. The van der Waals surface area contributed by atoms with Crippen molar-refractivity contribution in [3.63, 3.8) is 0 Å². The van der Waals surface area contributed by atoms with E-state index in [0.29, 0.717) is 11.1 Å². The van der Waals surface area contributed by atoms with Crippen LogP contribution in [0.15, 0.2) is 60.8 Å². The Hall–Kier alpha value is -6.79. The summed E-state index contributed by atoms with van der Waals surface area (Å²) in [6.45, 7) is 4.27. The number of aromatic amines is 1. The maximum atomic E-state index is 14.2. The van der Waals surface area contributed by atoms with E-state index in [-0.39, 0.29) is 25.2 Å². The normalized spacial score (nSPS) is 13.5. The number of benzene rings is 2. The van der Waals surface area contributed by atoms with Gasteiger partial charge in [-0.05, 0) is 36.0 Å². The van der Waals surface area contributed by atoms with Crippen molar-refractivity contribution in [3.05, 3.63) is 71.9 Å². The molecule has 0 aliphatic heterocycles. The third-order valence-corrected chi connectivity index (χ3v) is 8.81. The van der Waals surface area contributed by atoms with Gasteiger partial charge in [-0.15, -0.1) is 0 Å². The Labute approximate surface area is 334 Å². The first-order valence-electron chi connectivity index (χ1n) is 18.6. The Kier molecular flexibility index (Phi) is 17.4. The van der Waals surface area contributed by atoms with Crippen LogP contribution in [0, 0.1) is 5.92 Å². The van der Waals surface area contributed by atoms with Gasteiger partial charge < -0.3 is 53.5 Å². The third kappa shape index (κ3) is 15.0. The van der Waals surface area contributed by atoms with Crippen LogP contribution in [0.5, 0.6) is 0 Å². The number of hydrogen-bond acceptors (Lipinski definition) is 9. The third-order valence-electron chi connectivity index (χ3n) is 8.81. The van der Waals surface area contributed by atoms with E-state index in [1.807, 2.05) is 0 Å². The molecule has 0 spiro atoms. The lowest BCUT2D eigenvalue weighted by atomic mass is 10.0. The number of carbonyl (C=O) groups excluding carboxylic acids is 8. The monoisotopic (exact) mass is 805 g/mol. The molecule has 5 unspecified atom stereocenters. The minimum atomic E-state index is -1.74. The van der Waals surface area contributed by atoms with Crippen molar-refractivity contribution >= 4 is 64.1 Å². The number of nitrogens with one attached hydrogen (secondary N) is 7. The number of carboxylic acid groups (broad SMARTS) is 1. The van der Waals surface area contributed by atoms with Crippen molar-refractivity contribution in [2.24, 2.45) is 17.4 Å². The molecule has 0 bridgehead atoms. The van der Waals surface area contributed by atoms with E-state index >= 15 is 0 Å². The van der Waals surface area contributed by atoms with Crippen LogP contribution in [-0.4, -0.2) is 100 Å². The lowest BCUT2D eigenvalue weighted by molar-refractivity contribution is -0.141. The van der Waals surface area contributed by atoms with Crippen LogP contribution < -0.4 is 43.4 Å². The zero-order valence-electron chi connectivity index (χ0n) is 32.5. The summed E-state index contributed by atoms with van der Waals surface area (Å²) >= 11 is 0. The minimum absolute atomic E-state index is 0.0150. The number of carboxylic acids is 1. The summed E-state index contributed by atoms with van der Waals surface area (Å²) in [5, 5.41) is 25.2. The standard InChI is InChI=1S/C39H51N9O10/c1-21(2)15-28(44-22(3)49)37(56)48-31(18-34(52)53)39(58)45-27(13-14-32(40)50)36(55)47-30(17-24-19-42-26-12-8-7-11-25(24)26)38(57)46-29(35(54)43-20-33(41)51)16-23-9-5-4-6-10-23/h4-12,19,21,27-31,42H,13-18,20H2,1-3H3,(H2,40,50)(H2,41,51)(H,43,54)(H,44,49)(H,45,58)(H,46,57)(H,47,55)(H,48,56)(H,52,53). The summed E-state index contributed by atoms with van der Waals surface area (Å²) < 4.78 is 0. The average molecular weight is 806 g/mol. The predicted octanol–water partition coefficient (Wildman–Crippen LogP) is -1.22. The molecule has 0 fully saturated rings. The fourth-order valence-corrected chi connectivity index (χ4v) is 6.06. The molecule has 2 aromatic carbocycles. The van der Waals surface area contributed by atoms with E-state index in [1.54, 1.807) is 74.6 Å². The van der Waals surface area contributed by atoms with Crippen LogP contribution in [-0.2, 0) is 56.0 Å². The second-order valence-corrected chi connectivity index (χ2v) is 14.2. The summed E-state index contributed by atoms with van der Waals surface area (Å²) in [7, 11) is 0. The van der Waals surface area contributed by atoms with Crippen molar-refractivity contribution in [1.29, 1.82) is 0 Å². The summed E-state index contributed by atoms with van der Waals surface area (Å²) in [5.41, 5.74) is 12.6. The molecule has 1 aromatic heterocycles. The van der Waals surface area contributed by atoms with Gasteiger partial charge in [0.2, 0.25) is 47.3 Å². The molecule has 58 heavy (non-hydrogen) atoms. The van der Waals surface area contributed by atoms with Gasteiger partial charge in [-0.2, -0.15) is 0 Å². The largest absolute Gasteiger partial charge is 0.481 e. The number of hydrogen-bond donors (Lipinski definition) is 10. The fourth-order valence-electron chi connectivity index (χ4n) is 6.06. The Morgan fingerprint density at radius 1 is 0.655 bits per heavy atom. The lowest BCUT2D eigenvalue weighted by Gasteiger charge is -2.27. The van der Waals surface area contributed by atoms with E-state index in [1.165, 1.54) is 6.92 Å². The average Bonchev–Trinajstić information content (AvgIpc) is 3.56. The maximum absolute atomic E-state index is 14.2. The molecule has 0 radical (unpaired) electrons. The number of H-pyrrole nitrogens is 1. The zero-order chi connectivity index (χ0) is 42.9. The van der Waals surface area contributed by atoms with Gasteiger partial charge in [0.05, 0.1) is 13.0 Å². The van der Waals surface area contributed by atoms with Crippen molar-refractivity contribution in [2.75, 3.05) is 6.54 Å². The van der Waals surface area contributed by atoms with E-state index in [4.69, 9.17) is 11.5 Å². The minimum Gasteiger partial charge on any atom is -0.481 e. The van der Waals surface area contributed by atoms with Gasteiger partial charge in [-0.1, -0.05) is 62.4 Å². The van der Waals surface area contributed by atoms with Crippen LogP contribution >= 0.6 is 0 Å². The van der Waals surface area contributed by atoms with Gasteiger partial charge in [-0.3, -0.25) is 43.2 Å². The van der Waals surface area contributed by atoms with Crippen LogP contribution in [0.4, 0.5) is 0 Å². The van der Waals surface area contributed by atoms with Crippen molar-refractivity contribution in [3.8, 4) is 0 Å². The molecule has 12 N–H and O–H groups in total. The summed E-state index contributed by atoms with van der Waals surface area (Å²) in [6.07, 6.45) is -0.0904. The Morgan fingerprint density at radius 3 is 1.81 bits per heavy atom. The number of aliphatic carboxylic acids is 1. The van der Waals surface area contributed by atoms with Gasteiger partial charge in [-0.25, -0.2) is 0 Å². The number of carbonyl (C=O) groups is 9. The highest BCUT2D eigenvalue weighted by molar-refractivity contribution is 5.98. The first-order valence-corrected chi connectivity index (χ1v) is 18.6. The van der Waals surface area contributed by atoms with Crippen molar-refractivity contribution in [1.82, 2.24) is 36.9 Å². The Balaban J connectivity index is 1.96. The number of rotatable bonds is 23. The molecular formula is C39H51N9O10. The number of nitrogens with two attached hydrogens (primary N) is 2. The molecule has 0 saturated heterocycles. The first-order chi connectivity index (χ1) is 27.4. The number of fused-ring (bicyclic) bond motifs is 1. The van der Waals surface area contributed by atoms with Crippen molar-refractivity contribution < 1.29 is 48.3 Å². The molecule has 1 heterocycles. The van der Waals surface area contributed by atoms with Crippen molar-refractivity contribution in [2.45, 2.75) is 89.5 Å². The van der Waals surface area contributed by atoms with Crippen LogP contribution in [0.1, 0.15) is 57.6 Å². The highest BCUT2D eigenvalue weighted by Crippen LogP contribution is 2.20. The molecule has 3 rings (SSSR count). The number of para-hydroxylation sites is 1. The molecule has 312 valence electrons. The second kappa shape index (κ2) is 22.1. The fraction of sp³-hybridized carbons (Fsp3) is 0.410. The Bertz CT molecular complexity index is 1970. The van der Waals surface area contributed by atoms with Gasteiger partial charge in [0.25, 0.3) is 0 Å². The molecule has 19 nitrogen and oxygen atoms in total. The maximum Gasteiger partial charge on any atom is 0.305 e. The molecule has 0 saturated carbocycles. The smallest absolute Gasteiger partial charge is 0.305 e. The van der Waals surface area contributed by atoms with Crippen LogP contribution in [0.3, 0.4) is 0 Å². The lowest BCUT2D eigenvalue weighted by Crippen LogP contribution is -2.60. The van der Waals surface area contributed by atoms with E-state index in [2.05, 4.69) is 36.9 Å². The molecular weight excluding hydrogens is 754 g/mol. The number of aromatic nitrogens is 1. The predicted molar refractivity (Wildman–Crippen MR) is 210 cm³/mol. The van der Waals surface area contributed by atoms with Gasteiger partial charge in [0.1, 0.15) is 30.2 Å². The van der Waals surface area contributed by atoms with E-state index in [0.717, 1.165) is 10.9 Å². The SMILES string of the molecule is CC(=O)NC(CC(C)C)C(=O)NC(CC(=O)O)C(=O)NC(CCC(N)=O)C(=O)NC(Cc1c[nH]c2ccccc12)C(=O)NC(Cc1ccccc1)C(=O)NCC(N)=O. The first kappa shape index (κ1) is 45.6. The molecule has 3 aromatic rings. The van der Waals surface area contributed by atoms with E-state index in [9.17, 15) is 48.3 Å². The van der Waals surface area contributed by atoms with Crippen LogP contribution in [0.25, 0.3) is 10.9 Å². The molecule has 8 amide bonds. The molecule has 5 atom stereocenters. The van der Waals surface area contributed by atoms with E-state index < -0.39 is 109 Å². The van der Waals surface area contributed by atoms with Gasteiger partial charge >= 0.3 is 5.97 Å². The number of primary amides is 2. The zero-order valence-corrected chi connectivity index (χ0v) is 32.5. The van der Waals surface area contributed by atoms with Gasteiger partial charge in [0.15, 0.2) is 0 Å². The summed E-state index contributed by atoms with van der Waals surface area (Å²) in [5.74, 6) is -8.26. The molecule has 0 aliphatic carbocycles. The quantitative estimate of drug-likeness (QED) is 0.0545. The highest BCUT2D eigenvalue weighted by atomic mass is 16.4. The molecule has 19 heteroatoms. The Morgan fingerprint density at radius 2 is 1.21 bits per heavy atom. The highest BCUT2D eigenvalue weighted by Gasteiger charge is 2.34. The topological polar surface area (TPSA) is 314 Å². The van der Waals surface area contributed by atoms with Crippen LogP contribution in [0.2, 0.25) is 0 Å². The van der Waals surface area contributed by atoms with Gasteiger partial charge in [0, 0.05) is 43.3 Å². The second-order valence-electron chi connectivity index (χ2n) is 14.2. The number of amides is 8. The summed E-state index contributed by atoms with van der Waals surface area (Å²) in [4.78, 5) is 118.